The van der Waals surface area contributed by atoms with E-state index in [0.717, 1.165) is 6.42 Å². The van der Waals surface area contributed by atoms with Gasteiger partial charge in [0, 0.05) is 6.42 Å². The van der Waals surface area contributed by atoms with Crippen molar-refractivity contribution in [3.8, 4) is 0 Å². The molecule has 0 radical (unpaired) electrons. The summed E-state index contributed by atoms with van der Waals surface area (Å²) in [6.45, 7) is 3.59. The van der Waals surface area contributed by atoms with E-state index in [-0.39, 0.29) is 11.9 Å². The van der Waals surface area contributed by atoms with Crippen molar-refractivity contribution < 1.29 is 4.79 Å². The topological polar surface area (TPSA) is 29.1 Å². The predicted molar refractivity (Wildman–Crippen MR) is 40.5 cm³/mol. The summed E-state index contributed by atoms with van der Waals surface area (Å²) in [6.07, 6.45) is 7.05. The zero-order valence-electron chi connectivity index (χ0n) is 5.84. The van der Waals surface area contributed by atoms with E-state index >= 15 is 0 Å². The van der Waals surface area contributed by atoms with Gasteiger partial charge in [0.05, 0.1) is 6.04 Å². The van der Waals surface area contributed by atoms with Gasteiger partial charge in [-0.2, -0.15) is 0 Å². The summed E-state index contributed by atoms with van der Waals surface area (Å²) >= 11 is 0. The molecule has 1 rings (SSSR count). The van der Waals surface area contributed by atoms with Gasteiger partial charge in [0.2, 0.25) is 5.91 Å². The first-order valence-corrected chi connectivity index (χ1v) is 3.40. The molecule has 0 aromatic carbocycles. The maximum absolute atomic E-state index is 10.8. The molecule has 0 aromatic rings. The summed E-state index contributed by atoms with van der Waals surface area (Å²) in [4.78, 5) is 10.8. The average molecular weight is 137 g/mol. The molecule has 1 aliphatic heterocycles. The summed E-state index contributed by atoms with van der Waals surface area (Å²) < 4.78 is 0. The zero-order valence-corrected chi connectivity index (χ0v) is 5.84. The second-order valence-corrected chi connectivity index (χ2v) is 2.33. The van der Waals surface area contributed by atoms with Gasteiger partial charge in [-0.3, -0.25) is 4.79 Å². The fraction of sp³-hybridized carbons (Fsp3) is 0.375. The highest BCUT2D eigenvalue weighted by Gasteiger charge is 2.09. The Bertz CT molecular complexity index is 172. The highest BCUT2D eigenvalue weighted by Crippen LogP contribution is 2.02. The Labute approximate surface area is 60.6 Å². The molecule has 1 N–H and O–H groups in total. The SMILES string of the molecule is C=CCC1C=CCC(=O)N1. The van der Waals surface area contributed by atoms with E-state index in [1.54, 1.807) is 6.08 Å². The summed E-state index contributed by atoms with van der Waals surface area (Å²) in [5.41, 5.74) is 0. The molecule has 1 atom stereocenters. The van der Waals surface area contributed by atoms with Gasteiger partial charge in [0.15, 0.2) is 0 Å². The van der Waals surface area contributed by atoms with Gasteiger partial charge >= 0.3 is 0 Å². The molecule has 2 heteroatoms. The summed E-state index contributed by atoms with van der Waals surface area (Å²) in [5.74, 6) is 0.106. The molecular formula is C8H11NO. The molecule has 0 spiro atoms. The predicted octanol–water partition coefficient (Wildman–Crippen LogP) is 1.01. The van der Waals surface area contributed by atoms with Crippen LogP contribution in [0.5, 0.6) is 0 Å². The van der Waals surface area contributed by atoms with Gasteiger partial charge in [-0.05, 0) is 6.42 Å². The third kappa shape index (κ3) is 1.72. The smallest absolute Gasteiger partial charge is 0.224 e. The lowest BCUT2D eigenvalue weighted by molar-refractivity contribution is -0.121. The highest BCUT2D eigenvalue weighted by atomic mass is 16.1. The Hall–Kier alpha value is -1.05. The van der Waals surface area contributed by atoms with Crippen molar-refractivity contribution in [1.29, 1.82) is 0 Å². The van der Waals surface area contributed by atoms with Crippen LogP contribution in [0.1, 0.15) is 12.8 Å². The van der Waals surface area contributed by atoms with Gasteiger partial charge < -0.3 is 5.32 Å². The van der Waals surface area contributed by atoms with E-state index in [9.17, 15) is 4.79 Å². The Balaban J connectivity index is 2.46. The van der Waals surface area contributed by atoms with Crippen molar-refractivity contribution in [3.63, 3.8) is 0 Å². The van der Waals surface area contributed by atoms with Crippen LogP contribution in [-0.4, -0.2) is 11.9 Å². The lowest BCUT2D eigenvalue weighted by Crippen LogP contribution is -2.35. The van der Waals surface area contributed by atoms with Crippen LogP contribution < -0.4 is 5.32 Å². The Morgan fingerprint density at radius 3 is 3.30 bits per heavy atom. The summed E-state index contributed by atoms with van der Waals surface area (Å²) in [5, 5.41) is 2.82. The van der Waals surface area contributed by atoms with Gasteiger partial charge in [-0.1, -0.05) is 18.2 Å². The minimum atomic E-state index is 0.106. The maximum atomic E-state index is 10.8. The van der Waals surface area contributed by atoms with Crippen molar-refractivity contribution in [2.24, 2.45) is 0 Å². The van der Waals surface area contributed by atoms with Crippen LogP contribution in [0.15, 0.2) is 24.8 Å². The van der Waals surface area contributed by atoms with Crippen molar-refractivity contribution in [3.05, 3.63) is 24.8 Å². The molecule has 1 aliphatic rings. The van der Waals surface area contributed by atoms with E-state index in [1.807, 2.05) is 12.2 Å². The van der Waals surface area contributed by atoms with E-state index in [0.29, 0.717) is 6.42 Å². The quantitative estimate of drug-likeness (QED) is 0.565. The number of amides is 1. The van der Waals surface area contributed by atoms with E-state index < -0.39 is 0 Å². The normalized spacial score (nSPS) is 24.0. The minimum Gasteiger partial charge on any atom is -0.349 e. The van der Waals surface area contributed by atoms with Crippen molar-refractivity contribution in [2.45, 2.75) is 18.9 Å². The zero-order chi connectivity index (χ0) is 7.40. The summed E-state index contributed by atoms with van der Waals surface area (Å²) in [7, 11) is 0. The largest absolute Gasteiger partial charge is 0.349 e. The fourth-order valence-corrected chi connectivity index (χ4v) is 0.970. The molecule has 0 aromatic heterocycles. The lowest BCUT2D eigenvalue weighted by atomic mass is 10.1. The molecule has 0 saturated carbocycles. The Kier molecular flexibility index (Phi) is 2.26. The molecule has 10 heavy (non-hydrogen) atoms. The van der Waals surface area contributed by atoms with Crippen molar-refractivity contribution in [1.82, 2.24) is 5.32 Å². The monoisotopic (exact) mass is 137 g/mol. The molecule has 1 unspecified atom stereocenters. The van der Waals surface area contributed by atoms with Crippen LogP contribution in [0.4, 0.5) is 0 Å². The first-order chi connectivity index (χ1) is 4.83. The molecular weight excluding hydrogens is 126 g/mol. The number of hydrogen-bond donors (Lipinski definition) is 1. The minimum absolute atomic E-state index is 0.106. The maximum Gasteiger partial charge on any atom is 0.224 e. The highest BCUT2D eigenvalue weighted by molar-refractivity contribution is 5.79. The molecule has 1 amide bonds. The number of rotatable bonds is 2. The van der Waals surface area contributed by atoms with Crippen molar-refractivity contribution in [2.75, 3.05) is 0 Å². The van der Waals surface area contributed by atoms with E-state index in [1.165, 1.54) is 0 Å². The van der Waals surface area contributed by atoms with E-state index in [2.05, 4.69) is 11.9 Å². The number of nitrogens with one attached hydrogen (secondary N) is 1. The number of carbonyl (C=O) groups is 1. The first kappa shape index (κ1) is 7.06. The lowest BCUT2D eigenvalue weighted by Gasteiger charge is -2.15. The van der Waals surface area contributed by atoms with E-state index in [4.69, 9.17) is 0 Å². The van der Waals surface area contributed by atoms with Crippen LogP contribution in [0, 0.1) is 0 Å². The number of carbonyl (C=O) groups excluding carboxylic acids is 1. The molecule has 0 fully saturated rings. The van der Waals surface area contributed by atoms with Crippen LogP contribution in [-0.2, 0) is 4.79 Å². The number of hydrogen-bond acceptors (Lipinski definition) is 1. The second-order valence-electron chi connectivity index (χ2n) is 2.33. The average Bonchev–Trinajstić information content (AvgIpc) is 1.88. The Morgan fingerprint density at radius 2 is 2.70 bits per heavy atom. The molecule has 0 saturated heterocycles. The second kappa shape index (κ2) is 3.20. The van der Waals surface area contributed by atoms with Crippen LogP contribution in [0.3, 0.4) is 0 Å². The van der Waals surface area contributed by atoms with Crippen molar-refractivity contribution >= 4 is 5.91 Å². The van der Waals surface area contributed by atoms with Crippen LogP contribution >= 0.6 is 0 Å². The molecule has 54 valence electrons. The Morgan fingerprint density at radius 1 is 1.90 bits per heavy atom. The van der Waals surface area contributed by atoms with Gasteiger partial charge in [0.25, 0.3) is 0 Å². The van der Waals surface area contributed by atoms with Gasteiger partial charge in [-0.15, -0.1) is 6.58 Å². The fourth-order valence-electron chi connectivity index (χ4n) is 0.970. The molecule has 0 aliphatic carbocycles. The molecule has 1 heterocycles. The molecule has 0 bridgehead atoms. The third-order valence-electron chi connectivity index (χ3n) is 1.44. The molecule has 2 nitrogen and oxygen atoms in total. The third-order valence-corrected chi connectivity index (χ3v) is 1.44. The first-order valence-electron chi connectivity index (χ1n) is 3.40. The van der Waals surface area contributed by atoms with Gasteiger partial charge in [-0.25, -0.2) is 0 Å². The van der Waals surface area contributed by atoms with Crippen LogP contribution in [0.25, 0.3) is 0 Å². The van der Waals surface area contributed by atoms with Gasteiger partial charge in [0.1, 0.15) is 0 Å². The van der Waals surface area contributed by atoms with Crippen LogP contribution in [0.2, 0.25) is 0 Å². The standard InChI is InChI=1S/C8H11NO/c1-2-4-7-5-3-6-8(10)9-7/h2-3,5,7H,1,4,6H2,(H,9,10). The summed E-state index contributed by atoms with van der Waals surface area (Å²) in [6, 6.07) is 0.179.